The number of ether oxygens (including phenoxy) is 1. The van der Waals surface area contributed by atoms with Gasteiger partial charge in [0.15, 0.2) is 5.96 Å². The van der Waals surface area contributed by atoms with Crippen LogP contribution in [0, 0.1) is 0 Å². The van der Waals surface area contributed by atoms with Crippen LogP contribution in [-0.4, -0.2) is 36.7 Å². The third kappa shape index (κ3) is 7.00. The summed E-state index contributed by atoms with van der Waals surface area (Å²) >= 11 is 1.99. The zero-order chi connectivity index (χ0) is 16.7. The van der Waals surface area contributed by atoms with E-state index in [0.29, 0.717) is 12.5 Å². The van der Waals surface area contributed by atoms with E-state index in [1.165, 1.54) is 24.7 Å². The zero-order valence-electron chi connectivity index (χ0n) is 13.9. The molecular formula is C16H24F2IN3OS. The molecule has 136 valence electrons. The van der Waals surface area contributed by atoms with E-state index in [9.17, 15) is 8.78 Å². The molecule has 0 aliphatic carbocycles. The molecule has 24 heavy (non-hydrogen) atoms. The van der Waals surface area contributed by atoms with Gasteiger partial charge in [-0.3, -0.25) is 4.99 Å². The van der Waals surface area contributed by atoms with Crippen LogP contribution >= 0.6 is 35.7 Å². The fourth-order valence-electron chi connectivity index (χ4n) is 2.48. The SMILES string of the molecule is CN=C(NCc1cccc(OC(F)F)c1)NCC1(C)CCCS1.I. The number of nitrogens with one attached hydrogen (secondary N) is 2. The number of halogens is 3. The number of hydrogen-bond acceptors (Lipinski definition) is 3. The predicted molar refractivity (Wildman–Crippen MR) is 107 cm³/mol. The van der Waals surface area contributed by atoms with Gasteiger partial charge in [-0.15, -0.1) is 24.0 Å². The number of alkyl halides is 2. The minimum absolute atomic E-state index is 0. The maximum atomic E-state index is 12.2. The summed E-state index contributed by atoms with van der Waals surface area (Å²) in [5.74, 6) is 2.08. The highest BCUT2D eigenvalue weighted by Crippen LogP contribution is 2.36. The summed E-state index contributed by atoms with van der Waals surface area (Å²) in [5, 5.41) is 6.53. The Morgan fingerprint density at radius 1 is 1.42 bits per heavy atom. The number of aliphatic imine (C=N–C) groups is 1. The van der Waals surface area contributed by atoms with Crippen molar-refractivity contribution in [3.63, 3.8) is 0 Å². The molecule has 0 radical (unpaired) electrons. The van der Waals surface area contributed by atoms with E-state index >= 15 is 0 Å². The molecule has 0 aromatic heterocycles. The van der Waals surface area contributed by atoms with Gasteiger partial charge in [-0.25, -0.2) is 0 Å². The molecule has 2 N–H and O–H groups in total. The highest BCUT2D eigenvalue weighted by atomic mass is 127. The summed E-state index contributed by atoms with van der Waals surface area (Å²) in [6.45, 7) is 0.795. The van der Waals surface area contributed by atoms with Gasteiger partial charge in [0.2, 0.25) is 0 Å². The molecule has 0 saturated carbocycles. The van der Waals surface area contributed by atoms with Crippen molar-refractivity contribution in [2.24, 2.45) is 4.99 Å². The quantitative estimate of drug-likeness (QED) is 0.376. The van der Waals surface area contributed by atoms with Gasteiger partial charge in [0, 0.05) is 24.9 Å². The van der Waals surface area contributed by atoms with E-state index < -0.39 is 6.61 Å². The highest BCUT2D eigenvalue weighted by molar-refractivity contribution is 14.0. The van der Waals surface area contributed by atoms with Gasteiger partial charge in [0.1, 0.15) is 5.75 Å². The Morgan fingerprint density at radius 2 is 2.21 bits per heavy atom. The molecule has 1 aliphatic heterocycles. The molecule has 1 heterocycles. The van der Waals surface area contributed by atoms with E-state index in [4.69, 9.17) is 0 Å². The average molecular weight is 471 g/mol. The lowest BCUT2D eigenvalue weighted by Gasteiger charge is -2.24. The third-order valence-corrected chi connectivity index (χ3v) is 5.28. The van der Waals surface area contributed by atoms with Gasteiger partial charge in [0.05, 0.1) is 0 Å². The van der Waals surface area contributed by atoms with E-state index in [2.05, 4.69) is 27.3 Å². The topological polar surface area (TPSA) is 45.7 Å². The highest BCUT2D eigenvalue weighted by Gasteiger charge is 2.29. The minimum atomic E-state index is -2.81. The molecule has 0 amide bonds. The Morgan fingerprint density at radius 3 is 2.83 bits per heavy atom. The molecule has 1 saturated heterocycles. The fraction of sp³-hybridized carbons (Fsp3) is 0.562. The zero-order valence-corrected chi connectivity index (χ0v) is 17.0. The molecule has 1 atom stereocenters. The first kappa shape index (κ1) is 21.3. The fourth-order valence-corrected chi connectivity index (χ4v) is 3.73. The Balaban J connectivity index is 0.00000288. The monoisotopic (exact) mass is 471 g/mol. The van der Waals surface area contributed by atoms with Crippen LogP contribution in [0.25, 0.3) is 0 Å². The summed E-state index contributed by atoms with van der Waals surface area (Å²) in [6.07, 6.45) is 2.46. The van der Waals surface area contributed by atoms with E-state index in [0.717, 1.165) is 12.1 Å². The summed E-state index contributed by atoms with van der Waals surface area (Å²) in [7, 11) is 1.72. The molecule has 1 fully saturated rings. The van der Waals surface area contributed by atoms with Crippen molar-refractivity contribution in [1.82, 2.24) is 10.6 Å². The largest absolute Gasteiger partial charge is 0.435 e. The van der Waals surface area contributed by atoms with Crippen molar-refractivity contribution in [2.75, 3.05) is 19.3 Å². The number of nitrogens with zero attached hydrogens (tertiary/aromatic N) is 1. The second-order valence-electron chi connectivity index (χ2n) is 5.71. The molecule has 1 aromatic carbocycles. The van der Waals surface area contributed by atoms with Gasteiger partial charge in [-0.05, 0) is 43.2 Å². The van der Waals surface area contributed by atoms with Crippen molar-refractivity contribution in [3.05, 3.63) is 29.8 Å². The normalized spacial score (nSPS) is 20.6. The van der Waals surface area contributed by atoms with Gasteiger partial charge < -0.3 is 15.4 Å². The summed E-state index contributed by atoms with van der Waals surface area (Å²) in [4.78, 5) is 4.20. The summed E-state index contributed by atoms with van der Waals surface area (Å²) < 4.78 is 29.1. The van der Waals surface area contributed by atoms with E-state index in [1.54, 1.807) is 19.2 Å². The van der Waals surface area contributed by atoms with Gasteiger partial charge in [0.25, 0.3) is 0 Å². The van der Waals surface area contributed by atoms with Gasteiger partial charge >= 0.3 is 6.61 Å². The maximum absolute atomic E-state index is 12.2. The molecule has 1 aromatic rings. The molecule has 1 aliphatic rings. The first-order valence-electron chi connectivity index (χ1n) is 7.63. The van der Waals surface area contributed by atoms with Crippen LogP contribution in [0.1, 0.15) is 25.3 Å². The van der Waals surface area contributed by atoms with Crippen LogP contribution in [0.5, 0.6) is 5.75 Å². The van der Waals surface area contributed by atoms with Crippen LogP contribution in [0.2, 0.25) is 0 Å². The van der Waals surface area contributed by atoms with Crippen LogP contribution in [0.15, 0.2) is 29.3 Å². The van der Waals surface area contributed by atoms with Crippen LogP contribution in [-0.2, 0) is 6.54 Å². The van der Waals surface area contributed by atoms with E-state index in [-0.39, 0.29) is 34.5 Å². The van der Waals surface area contributed by atoms with Crippen molar-refractivity contribution in [3.8, 4) is 5.75 Å². The molecule has 2 rings (SSSR count). The average Bonchev–Trinajstić information content (AvgIpc) is 2.94. The lowest BCUT2D eigenvalue weighted by Crippen LogP contribution is -2.43. The Hall–Kier alpha value is -0.770. The first-order valence-corrected chi connectivity index (χ1v) is 8.61. The van der Waals surface area contributed by atoms with Crippen molar-refractivity contribution >= 4 is 41.7 Å². The second-order valence-corrected chi connectivity index (χ2v) is 7.39. The smallest absolute Gasteiger partial charge is 0.387 e. The number of hydrogen-bond donors (Lipinski definition) is 2. The Bertz CT molecular complexity index is 540. The Labute approximate surface area is 163 Å². The summed E-state index contributed by atoms with van der Waals surface area (Å²) in [6, 6.07) is 6.66. The molecule has 8 heteroatoms. The first-order chi connectivity index (χ1) is 11.0. The standard InChI is InChI=1S/C16H23F2N3OS.HI/c1-16(7-4-8-23-16)11-21-15(19-2)20-10-12-5-3-6-13(9-12)22-14(17)18;/h3,5-6,9,14H,4,7-8,10-11H2,1-2H3,(H2,19,20,21);1H. The Kier molecular flexibility index (Phi) is 9.11. The predicted octanol–water partition coefficient (Wildman–Crippen LogP) is 3.86. The molecule has 4 nitrogen and oxygen atoms in total. The molecule has 0 spiro atoms. The maximum Gasteiger partial charge on any atom is 0.387 e. The minimum Gasteiger partial charge on any atom is -0.435 e. The van der Waals surface area contributed by atoms with Crippen LogP contribution in [0.4, 0.5) is 8.78 Å². The molecule has 0 bridgehead atoms. The van der Waals surface area contributed by atoms with Gasteiger partial charge in [-0.1, -0.05) is 12.1 Å². The number of benzene rings is 1. The second kappa shape index (κ2) is 10.3. The van der Waals surface area contributed by atoms with Crippen LogP contribution < -0.4 is 15.4 Å². The van der Waals surface area contributed by atoms with Crippen molar-refractivity contribution in [2.45, 2.75) is 37.7 Å². The lowest BCUT2D eigenvalue weighted by atomic mass is 10.1. The summed E-state index contributed by atoms with van der Waals surface area (Å²) in [5.41, 5.74) is 0.854. The van der Waals surface area contributed by atoms with Crippen molar-refractivity contribution in [1.29, 1.82) is 0 Å². The lowest BCUT2D eigenvalue weighted by molar-refractivity contribution is -0.0498. The van der Waals surface area contributed by atoms with Gasteiger partial charge in [-0.2, -0.15) is 20.5 Å². The molecular weight excluding hydrogens is 447 g/mol. The number of guanidine groups is 1. The van der Waals surface area contributed by atoms with Crippen LogP contribution in [0.3, 0.4) is 0 Å². The van der Waals surface area contributed by atoms with Crippen molar-refractivity contribution < 1.29 is 13.5 Å². The number of thioether (sulfide) groups is 1. The third-order valence-electron chi connectivity index (χ3n) is 3.74. The number of rotatable bonds is 6. The van der Waals surface area contributed by atoms with E-state index in [1.807, 2.05) is 17.8 Å². The molecule has 1 unspecified atom stereocenters.